The molecular weight excluding hydrogens is 259 g/mol. The van der Waals surface area contributed by atoms with Crippen molar-refractivity contribution in [2.75, 3.05) is 7.11 Å². The first-order valence-electron chi connectivity index (χ1n) is 6.14. The molecule has 0 spiro atoms. The van der Waals surface area contributed by atoms with Crippen LogP contribution in [-0.2, 0) is 0 Å². The minimum absolute atomic E-state index is 0.218. The van der Waals surface area contributed by atoms with Gasteiger partial charge in [0.15, 0.2) is 5.78 Å². The Morgan fingerprint density at radius 1 is 1.15 bits per heavy atom. The number of hydrogen-bond acceptors (Lipinski definition) is 3. The second-order valence-corrected chi connectivity index (χ2v) is 4.43. The number of aryl methyl sites for hydroxylation is 1. The van der Waals surface area contributed by atoms with Crippen LogP contribution >= 0.6 is 0 Å². The average molecular weight is 274 g/mol. The molecule has 0 radical (unpaired) electrons. The maximum atomic E-state index is 13.5. The minimum Gasteiger partial charge on any atom is -0.497 e. The zero-order valence-electron chi connectivity index (χ0n) is 11.6. The van der Waals surface area contributed by atoms with Crippen LogP contribution in [0.3, 0.4) is 0 Å². The highest BCUT2D eigenvalue weighted by Gasteiger charge is 2.13. The molecule has 0 atom stereocenters. The summed E-state index contributed by atoms with van der Waals surface area (Å²) in [4.78, 5) is 11.6. The van der Waals surface area contributed by atoms with Gasteiger partial charge in [-0.2, -0.15) is 0 Å². The van der Waals surface area contributed by atoms with E-state index in [1.807, 2.05) is 0 Å². The van der Waals surface area contributed by atoms with Crippen LogP contribution in [0.25, 0.3) is 0 Å². The van der Waals surface area contributed by atoms with Crippen molar-refractivity contribution in [3.63, 3.8) is 0 Å². The second kappa shape index (κ2) is 5.74. The van der Waals surface area contributed by atoms with E-state index < -0.39 is 5.82 Å². The fourth-order valence-electron chi connectivity index (χ4n) is 1.81. The van der Waals surface area contributed by atoms with E-state index in [9.17, 15) is 9.18 Å². The molecule has 0 amide bonds. The fourth-order valence-corrected chi connectivity index (χ4v) is 1.81. The van der Waals surface area contributed by atoms with Gasteiger partial charge in [0.2, 0.25) is 0 Å². The van der Waals surface area contributed by atoms with E-state index in [0.29, 0.717) is 22.8 Å². The Bertz CT molecular complexity index is 650. The van der Waals surface area contributed by atoms with Gasteiger partial charge in [0.25, 0.3) is 0 Å². The van der Waals surface area contributed by atoms with Gasteiger partial charge in [-0.1, -0.05) is 6.07 Å². The summed E-state index contributed by atoms with van der Waals surface area (Å²) in [5.41, 5.74) is 0.642. The maximum Gasteiger partial charge on any atom is 0.163 e. The molecule has 0 saturated carbocycles. The normalized spacial score (nSPS) is 10.2. The quantitative estimate of drug-likeness (QED) is 0.786. The summed E-state index contributed by atoms with van der Waals surface area (Å²) in [5, 5.41) is 0. The van der Waals surface area contributed by atoms with Crippen LogP contribution < -0.4 is 9.47 Å². The number of methoxy groups -OCH3 is 1. The molecule has 0 aliphatic carbocycles. The Labute approximate surface area is 117 Å². The SMILES string of the molecule is COc1cccc(Oc2cc(C)c(F)cc2C(C)=O)c1. The number of carbonyl (C=O) groups excluding carboxylic acids is 1. The van der Waals surface area contributed by atoms with Crippen molar-refractivity contribution in [1.29, 1.82) is 0 Å². The van der Waals surface area contributed by atoms with Gasteiger partial charge in [-0.05, 0) is 43.7 Å². The average Bonchev–Trinajstić information content (AvgIpc) is 2.42. The lowest BCUT2D eigenvalue weighted by atomic mass is 10.1. The molecule has 0 bridgehead atoms. The molecule has 0 N–H and O–H groups in total. The van der Waals surface area contributed by atoms with Crippen molar-refractivity contribution in [3.8, 4) is 17.2 Å². The number of benzene rings is 2. The van der Waals surface area contributed by atoms with Crippen LogP contribution in [0.2, 0.25) is 0 Å². The molecule has 2 rings (SSSR count). The lowest BCUT2D eigenvalue weighted by Crippen LogP contribution is -2.00. The summed E-state index contributed by atoms with van der Waals surface area (Å²) in [5.74, 6) is 0.836. The molecular formula is C16H15FO3. The van der Waals surface area contributed by atoms with Gasteiger partial charge < -0.3 is 9.47 Å². The first kappa shape index (κ1) is 14.1. The van der Waals surface area contributed by atoms with Gasteiger partial charge >= 0.3 is 0 Å². The molecule has 2 aromatic carbocycles. The van der Waals surface area contributed by atoms with E-state index in [4.69, 9.17) is 9.47 Å². The van der Waals surface area contributed by atoms with Crippen LogP contribution in [0, 0.1) is 12.7 Å². The summed E-state index contributed by atoms with van der Waals surface area (Å²) in [6, 6.07) is 9.72. The van der Waals surface area contributed by atoms with E-state index in [1.54, 1.807) is 38.3 Å². The largest absolute Gasteiger partial charge is 0.497 e. The van der Waals surface area contributed by atoms with Crippen molar-refractivity contribution in [2.24, 2.45) is 0 Å². The van der Waals surface area contributed by atoms with Gasteiger partial charge in [-0.3, -0.25) is 4.79 Å². The van der Waals surface area contributed by atoms with E-state index in [2.05, 4.69) is 0 Å². The number of Topliss-reactive ketones (excluding diaryl/α,β-unsaturated/α-hetero) is 1. The zero-order chi connectivity index (χ0) is 14.7. The first-order valence-corrected chi connectivity index (χ1v) is 6.14. The number of ether oxygens (including phenoxy) is 2. The highest BCUT2D eigenvalue weighted by molar-refractivity contribution is 5.97. The molecule has 104 valence electrons. The predicted octanol–water partition coefficient (Wildman–Crippen LogP) is 4.14. The lowest BCUT2D eigenvalue weighted by molar-refractivity contribution is 0.101. The summed E-state index contributed by atoms with van der Waals surface area (Å²) in [7, 11) is 1.56. The van der Waals surface area contributed by atoms with Crippen LogP contribution in [0.1, 0.15) is 22.8 Å². The summed E-state index contributed by atoms with van der Waals surface area (Å²) >= 11 is 0. The molecule has 0 unspecified atom stereocenters. The van der Waals surface area contributed by atoms with Gasteiger partial charge in [0.05, 0.1) is 12.7 Å². The third kappa shape index (κ3) is 2.96. The Balaban J connectivity index is 2.41. The molecule has 0 aliphatic heterocycles. The third-order valence-electron chi connectivity index (χ3n) is 2.91. The number of rotatable bonds is 4. The van der Waals surface area contributed by atoms with Crippen molar-refractivity contribution < 1.29 is 18.7 Å². The molecule has 0 saturated heterocycles. The molecule has 0 aliphatic rings. The summed E-state index contributed by atoms with van der Waals surface area (Å²) in [6.07, 6.45) is 0. The Morgan fingerprint density at radius 2 is 1.85 bits per heavy atom. The van der Waals surface area contributed by atoms with Gasteiger partial charge in [0, 0.05) is 6.07 Å². The topological polar surface area (TPSA) is 35.5 Å². The molecule has 4 heteroatoms. The van der Waals surface area contributed by atoms with Crippen molar-refractivity contribution in [2.45, 2.75) is 13.8 Å². The summed E-state index contributed by atoms with van der Waals surface area (Å²) in [6.45, 7) is 3.00. The van der Waals surface area contributed by atoms with Crippen molar-refractivity contribution in [3.05, 3.63) is 53.3 Å². The van der Waals surface area contributed by atoms with Crippen LogP contribution in [0.4, 0.5) is 4.39 Å². The molecule has 0 aromatic heterocycles. The second-order valence-electron chi connectivity index (χ2n) is 4.43. The van der Waals surface area contributed by atoms with E-state index in [-0.39, 0.29) is 11.3 Å². The number of carbonyl (C=O) groups is 1. The molecule has 2 aromatic rings. The molecule has 20 heavy (non-hydrogen) atoms. The van der Waals surface area contributed by atoms with Crippen molar-refractivity contribution >= 4 is 5.78 Å². The highest BCUT2D eigenvalue weighted by Crippen LogP contribution is 2.30. The van der Waals surface area contributed by atoms with Gasteiger partial charge in [-0.15, -0.1) is 0 Å². The smallest absolute Gasteiger partial charge is 0.163 e. The number of ketones is 1. The Hall–Kier alpha value is -2.36. The summed E-state index contributed by atoms with van der Waals surface area (Å²) < 4.78 is 24.3. The maximum absolute atomic E-state index is 13.5. The van der Waals surface area contributed by atoms with Crippen LogP contribution in [0.15, 0.2) is 36.4 Å². The van der Waals surface area contributed by atoms with E-state index in [0.717, 1.165) is 0 Å². The third-order valence-corrected chi connectivity index (χ3v) is 2.91. The standard InChI is InChI=1S/C16H15FO3/c1-10-7-16(14(11(2)18)9-15(10)17)20-13-6-4-5-12(8-13)19-3/h4-9H,1-3H3. The lowest BCUT2D eigenvalue weighted by Gasteiger charge is -2.11. The highest BCUT2D eigenvalue weighted by atomic mass is 19.1. The van der Waals surface area contributed by atoms with Gasteiger partial charge in [-0.25, -0.2) is 4.39 Å². The fraction of sp³-hybridized carbons (Fsp3) is 0.188. The Morgan fingerprint density at radius 3 is 2.50 bits per heavy atom. The molecule has 0 heterocycles. The molecule has 3 nitrogen and oxygen atoms in total. The monoisotopic (exact) mass is 274 g/mol. The van der Waals surface area contributed by atoms with E-state index >= 15 is 0 Å². The Kier molecular flexibility index (Phi) is 4.03. The van der Waals surface area contributed by atoms with Crippen LogP contribution in [0.5, 0.6) is 17.2 Å². The van der Waals surface area contributed by atoms with Crippen LogP contribution in [-0.4, -0.2) is 12.9 Å². The zero-order valence-corrected chi connectivity index (χ0v) is 11.6. The first-order chi connectivity index (χ1) is 9.51. The minimum atomic E-state index is -0.423. The van der Waals surface area contributed by atoms with Gasteiger partial charge in [0.1, 0.15) is 23.1 Å². The number of halogens is 1. The van der Waals surface area contributed by atoms with E-state index in [1.165, 1.54) is 19.1 Å². The predicted molar refractivity (Wildman–Crippen MR) is 74.2 cm³/mol. The van der Waals surface area contributed by atoms with Crippen molar-refractivity contribution in [1.82, 2.24) is 0 Å². The number of hydrogen-bond donors (Lipinski definition) is 0. The molecule has 0 fully saturated rings.